The highest BCUT2D eigenvalue weighted by Crippen LogP contribution is 2.29. The van der Waals surface area contributed by atoms with E-state index in [0.717, 1.165) is 28.1 Å². The third kappa shape index (κ3) is 3.78. The van der Waals surface area contributed by atoms with Gasteiger partial charge in [-0.3, -0.25) is 14.8 Å². The lowest BCUT2D eigenvalue weighted by Gasteiger charge is -2.10. The molecule has 1 N–H and O–H groups in total. The number of anilines is 1. The molecule has 0 saturated carbocycles. The van der Waals surface area contributed by atoms with Crippen LogP contribution in [-0.4, -0.2) is 15.9 Å². The van der Waals surface area contributed by atoms with Gasteiger partial charge in [0.1, 0.15) is 4.88 Å². The van der Waals surface area contributed by atoms with Crippen LogP contribution in [0.5, 0.6) is 0 Å². The lowest BCUT2D eigenvalue weighted by molar-refractivity contribution is 0.103. The van der Waals surface area contributed by atoms with Crippen molar-refractivity contribution in [2.45, 2.75) is 6.92 Å². The first-order valence-electron chi connectivity index (χ1n) is 8.53. The molecule has 0 aliphatic carbocycles. The minimum absolute atomic E-state index is 0.140. The topological polar surface area (TPSA) is 54.9 Å². The normalized spacial score (nSPS) is 10.6. The second-order valence-corrected chi connectivity index (χ2v) is 7.03. The Balaban J connectivity index is 1.59. The molecule has 2 aromatic heterocycles. The number of carbonyl (C=O) groups excluding carboxylic acids is 1. The summed E-state index contributed by atoms with van der Waals surface area (Å²) in [4.78, 5) is 21.1. The number of nitrogens with zero attached hydrogens (tertiary/aromatic N) is 2. The SMILES string of the molecule is Cc1ccc(-c2ccccn2)cc1-c1ccc(NC(=O)c2cncs2)cc1. The Morgan fingerprint density at radius 2 is 1.81 bits per heavy atom. The van der Waals surface area contributed by atoms with Crippen molar-refractivity contribution in [3.05, 3.63) is 89.0 Å². The largest absolute Gasteiger partial charge is 0.321 e. The Kier molecular flexibility index (Phi) is 4.77. The van der Waals surface area contributed by atoms with E-state index in [0.29, 0.717) is 4.88 Å². The van der Waals surface area contributed by atoms with Crippen molar-refractivity contribution in [2.24, 2.45) is 0 Å². The summed E-state index contributed by atoms with van der Waals surface area (Å²) in [5.74, 6) is -0.140. The summed E-state index contributed by atoms with van der Waals surface area (Å²) in [6.45, 7) is 2.09. The maximum Gasteiger partial charge on any atom is 0.267 e. The van der Waals surface area contributed by atoms with Crippen LogP contribution in [0.3, 0.4) is 0 Å². The van der Waals surface area contributed by atoms with Crippen LogP contribution in [0, 0.1) is 6.92 Å². The third-order valence-corrected chi connectivity index (χ3v) is 5.08. The van der Waals surface area contributed by atoms with Crippen molar-refractivity contribution >= 4 is 22.9 Å². The van der Waals surface area contributed by atoms with Crippen LogP contribution < -0.4 is 5.32 Å². The molecule has 0 spiro atoms. The predicted octanol–water partition coefficient (Wildman–Crippen LogP) is 5.43. The molecule has 0 fully saturated rings. The Labute approximate surface area is 161 Å². The number of hydrogen-bond acceptors (Lipinski definition) is 4. The minimum atomic E-state index is -0.140. The molecular weight excluding hydrogens is 354 g/mol. The van der Waals surface area contributed by atoms with Crippen molar-refractivity contribution in [1.29, 1.82) is 0 Å². The fraction of sp³-hybridized carbons (Fsp3) is 0.0455. The van der Waals surface area contributed by atoms with Gasteiger partial charge in [-0.2, -0.15) is 0 Å². The molecule has 0 aliphatic heterocycles. The monoisotopic (exact) mass is 371 g/mol. The number of carbonyl (C=O) groups is 1. The number of aromatic nitrogens is 2. The third-order valence-electron chi connectivity index (χ3n) is 4.31. The maximum absolute atomic E-state index is 12.1. The molecule has 2 heterocycles. The quantitative estimate of drug-likeness (QED) is 0.520. The summed E-state index contributed by atoms with van der Waals surface area (Å²) in [7, 11) is 0. The van der Waals surface area contributed by atoms with Crippen LogP contribution in [0.25, 0.3) is 22.4 Å². The first kappa shape index (κ1) is 17.1. The van der Waals surface area contributed by atoms with E-state index in [-0.39, 0.29) is 5.91 Å². The van der Waals surface area contributed by atoms with Gasteiger partial charge in [0.15, 0.2) is 0 Å². The van der Waals surface area contributed by atoms with Crippen LogP contribution in [-0.2, 0) is 0 Å². The summed E-state index contributed by atoms with van der Waals surface area (Å²) < 4.78 is 0. The highest BCUT2D eigenvalue weighted by molar-refractivity contribution is 7.11. The van der Waals surface area contributed by atoms with Gasteiger partial charge in [0, 0.05) is 17.4 Å². The van der Waals surface area contributed by atoms with Crippen molar-refractivity contribution < 1.29 is 4.79 Å². The molecule has 4 rings (SSSR count). The zero-order valence-corrected chi connectivity index (χ0v) is 15.5. The number of aryl methyl sites for hydroxylation is 1. The maximum atomic E-state index is 12.1. The van der Waals surface area contributed by atoms with Crippen LogP contribution in [0.4, 0.5) is 5.69 Å². The molecule has 1 amide bonds. The number of hydrogen-bond donors (Lipinski definition) is 1. The molecule has 0 unspecified atom stereocenters. The Morgan fingerprint density at radius 1 is 1.00 bits per heavy atom. The second kappa shape index (κ2) is 7.51. The second-order valence-electron chi connectivity index (χ2n) is 6.14. The molecule has 4 nitrogen and oxygen atoms in total. The number of thiazole rings is 1. The van der Waals surface area contributed by atoms with Crippen LogP contribution >= 0.6 is 11.3 Å². The number of benzene rings is 2. The molecule has 4 aromatic rings. The Morgan fingerprint density at radius 3 is 2.52 bits per heavy atom. The summed E-state index contributed by atoms with van der Waals surface area (Å²) in [5.41, 5.74) is 7.88. The molecule has 2 aromatic carbocycles. The van der Waals surface area contributed by atoms with E-state index in [9.17, 15) is 4.79 Å². The van der Waals surface area contributed by atoms with E-state index in [4.69, 9.17) is 0 Å². The van der Waals surface area contributed by atoms with Gasteiger partial charge in [0.05, 0.1) is 17.4 Å². The molecular formula is C22H17N3OS. The summed E-state index contributed by atoms with van der Waals surface area (Å²) in [6, 6.07) is 20.1. The van der Waals surface area contributed by atoms with Crippen LogP contribution in [0.1, 0.15) is 15.2 Å². The van der Waals surface area contributed by atoms with E-state index in [1.54, 1.807) is 17.9 Å². The molecule has 132 valence electrons. The number of rotatable bonds is 4. The van der Waals surface area contributed by atoms with Gasteiger partial charge in [0.25, 0.3) is 5.91 Å². The molecule has 0 atom stereocenters. The van der Waals surface area contributed by atoms with E-state index in [1.165, 1.54) is 16.9 Å². The fourth-order valence-electron chi connectivity index (χ4n) is 2.88. The highest BCUT2D eigenvalue weighted by atomic mass is 32.1. The zero-order valence-electron chi connectivity index (χ0n) is 14.7. The summed E-state index contributed by atoms with van der Waals surface area (Å²) in [5, 5.41) is 2.90. The first-order valence-corrected chi connectivity index (χ1v) is 9.41. The van der Waals surface area contributed by atoms with Crippen molar-refractivity contribution in [3.63, 3.8) is 0 Å². The highest BCUT2D eigenvalue weighted by Gasteiger charge is 2.09. The molecule has 0 radical (unpaired) electrons. The number of nitrogens with one attached hydrogen (secondary N) is 1. The van der Waals surface area contributed by atoms with E-state index >= 15 is 0 Å². The van der Waals surface area contributed by atoms with Gasteiger partial charge in [-0.15, -0.1) is 11.3 Å². The smallest absolute Gasteiger partial charge is 0.267 e. The van der Waals surface area contributed by atoms with Crippen LogP contribution in [0.2, 0.25) is 0 Å². The van der Waals surface area contributed by atoms with Gasteiger partial charge >= 0.3 is 0 Å². The predicted molar refractivity (Wildman–Crippen MR) is 110 cm³/mol. The Hall–Kier alpha value is -3.31. The molecule has 27 heavy (non-hydrogen) atoms. The number of amides is 1. The standard InChI is InChI=1S/C22H17N3OS/c1-15-5-6-17(20-4-2-3-11-24-20)12-19(15)16-7-9-18(10-8-16)25-22(26)21-13-23-14-27-21/h2-14H,1H3,(H,25,26). The molecule has 0 saturated heterocycles. The van der Waals surface area contributed by atoms with Gasteiger partial charge in [0.2, 0.25) is 0 Å². The van der Waals surface area contributed by atoms with Crippen molar-refractivity contribution in [3.8, 4) is 22.4 Å². The first-order chi connectivity index (χ1) is 13.2. The molecule has 0 aliphatic rings. The average Bonchev–Trinajstić information content (AvgIpc) is 3.25. The van der Waals surface area contributed by atoms with Gasteiger partial charge < -0.3 is 5.32 Å². The van der Waals surface area contributed by atoms with Gasteiger partial charge in [-0.25, -0.2) is 0 Å². The van der Waals surface area contributed by atoms with Crippen molar-refractivity contribution in [1.82, 2.24) is 9.97 Å². The van der Waals surface area contributed by atoms with Crippen LogP contribution in [0.15, 0.2) is 78.6 Å². The lowest BCUT2D eigenvalue weighted by Crippen LogP contribution is -2.09. The van der Waals surface area contributed by atoms with Crippen molar-refractivity contribution in [2.75, 3.05) is 5.32 Å². The van der Waals surface area contributed by atoms with E-state index < -0.39 is 0 Å². The van der Waals surface area contributed by atoms with Gasteiger partial charge in [-0.05, 0) is 53.9 Å². The van der Waals surface area contributed by atoms with E-state index in [2.05, 4.69) is 40.4 Å². The summed E-state index contributed by atoms with van der Waals surface area (Å²) >= 11 is 1.32. The molecule has 0 bridgehead atoms. The Bertz CT molecular complexity index is 1060. The fourth-order valence-corrected chi connectivity index (χ4v) is 3.39. The minimum Gasteiger partial charge on any atom is -0.321 e. The summed E-state index contributed by atoms with van der Waals surface area (Å²) in [6.07, 6.45) is 3.37. The van der Waals surface area contributed by atoms with Gasteiger partial charge in [-0.1, -0.05) is 30.3 Å². The number of pyridine rings is 1. The molecule has 5 heteroatoms. The lowest BCUT2D eigenvalue weighted by atomic mass is 9.96. The average molecular weight is 371 g/mol. The zero-order chi connectivity index (χ0) is 18.6. The van der Waals surface area contributed by atoms with E-state index in [1.807, 2.05) is 42.5 Å².